The Bertz CT molecular complexity index is 911. The molecule has 0 unspecified atom stereocenters. The predicted octanol–water partition coefficient (Wildman–Crippen LogP) is 3.61. The molecular weight excluding hydrogens is 404 g/mol. The zero-order chi connectivity index (χ0) is 21.7. The van der Waals surface area contributed by atoms with Gasteiger partial charge in [-0.05, 0) is 43.9 Å². The van der Waals surface area contributed by atoms with Crippen molar-refractivity contribution in [2.45, 2.75) is 51.3 Å². The minimum atomic E-state index is -1.36. The van der Waals surface area contributed by atoms with E-state index in [0.29, 0.717) is 34.8 Å². The number of methoxy groups -OCH3 is 2. The van der Waals surface area contributed by atoms with E-state index in [0.717, 1.165) is 24.8 Å². The van der Waals surface area contributed by atoms with Gasteiger partial charge in [0.05, 0.1) is 25.7 Å². The maximum absolute atomic E-state index is 12.6. The maximum atomic E-state index is 12.6. The van der Waals surface area contributed by atoms with E-state index in [9.17, 15) is 9.00 Å². The van der Waals surface area contributed by atoms with Crippen LogP contribution in [0.2, 0.25) is 0 Å². The zero-order valence-corrected chi connectivity index (χ0v) is 18.8. The van der Waals surface area contributed by atoms with Gasteiger partial charge in [-0.2, -0.15) is 0 Å². The number of hydrogen-bond donors (Lipinski definition) is 1. The molecule has 1 N–H and O–H groups in total. The second-order valence-electron chi connectivity index (χ2n) is 7.76. The zero-order valence-electron chi connectivity index (χ0n) is 18.0. The lowest BCUT2D eigenvalue weighted by molar-refractivity contribution is -0.119. The van der Waals surface area contributed by atoms with Crippen LogP contribution in [0.15, 0.2) is 22.6 Å². The van der Waals surface area contributed by atoms with Crippen LogP contribution in [0.1, 0.15) is 44.1 Å². The van der Waals surface area contributed by atoms with Gasteiger partial charge in [-0.25, -0.2) is 4.98 Å². The number of aromatic nitrogens is 1. The van der Waals surface area contributed by atoms with Gasteiger partial charge in [0.2, 0.25) is 11.8 Å². The fourth-order valence-corrected chi connectivity index (χ4v) is 4.83. The van der Waals surface area contributed by atoms with Crippen molar-refractivity contribution in [3.05, 3.63) is 29.7 Å². The number of ether oxygens (including phenoxy) is 2. The maximum Gasteiger partial charge on any atom is 0.232 e. The van der Waals surface area contributed by atoms with E-state index in [1.165, 1.54) is 6.42 Å². The van der Waals surface area contributed by atoms with Crippen LogP contribution in [0.25, 0.3) is 11.5 Å². The van der Waals surface area contributed by atoms with Crippen LogP contribution in [0.4, 0.5) is 0 Å². The van der Waals surface area contributed by atoms with E-state index >= 15 is 0 Å². The average molecular weight is 435 g/mol. The molecule has 8 heteroatoms. The number of oxazole rings is 1. The van der Waals surface area contributed by atoms with Gasteiger partial charge in [0.25, 0.3) is 0 Å². The highest BCUT2D eigenvalue weighted by Gasteiger charge is 2.24. The Labute approximate surface area is 180 Å². The first kappa shape index (κ1) is 22.3. The van der Waals surface area contributed by atoms with E-state index in [1.54, 1.807) is 33.3 Å². The molecule has 1 aliphatic rings. The summed E-state index contributed by atoms with van der Waals surface area (Å²) < 4.78 is 28.9. The lowest BCUT2D eigenvalue weighted by Gasteiger charge is -2.29. The van der Waals surface area contributed by atoms with E-state index in [2.05, 4.69) is 17.2 Å². The van der Waals surface area contributed by atoms with Crippen molar-refractivity contribution in [3.8, 4) is 23.0 Å². The number of nitrogens with one attached hydrogen (secondary N) is 1. The Morgan fingerprint density at radius 2 is 1.97 bits per heavy atom. The number of rotatable bonds is 8. The highest BCUT2D eigenvalue weighted by atomic mass is 32.2. The smallest absolute Gasteiger partial charge is 0.232 e. The SMILES string of the molecule is COc1ccc(-c2nc(C[S@@](=O)CC(=O)N[C@@H]3CCCC[C@@H]3C)c(C)o2)cc1OC. The normalized spacial score (nSPS) is 19.9. The molecule has 0 saturated heterocycles. The number of carbonyl (C=O) groups excluding carboxylic acids is 1. The van der Waals surface area contributed by atoms with Gasteiger partial charge in [0.15, 0.2) is 11.5 Å². The molecule has 0 aliphatic heterocycles. The minimum Gasteiger partial charge on any atom is -0.493 e. The van der Waals surface area contributed by atoms with Crippen molar-refractivity contribution >= 4 is 16.7 Å². The van der Waals surface area contributed by atoms with Crippen LogP contribution in [-0.4, -0.2) is 41.1 Å². The summed E-state index contributed by atoms with van der Waals surface area (Å²) in [5.41, 5.74) is 1.33. The highest BCUT2D eigenvalue weighted by molar-refractivity contribution is 7.84. The first-order valence-corrected chi connectivity index (χ1v) is 11.7. The molecule has 3 atom stereocenters. The summed E-state index contributed by atoms with van der Waals surface area (Å²) in [6.07, 6.45) is 4.48. The summed E-state index contributed by atoms with van der Waals surface area (Å²) in [7, 11) is 1.78. The second-order valence-corrected chi connectivity index (χ2v) is 9.21. The Balaban J connectivity index is 1.62. The van der Waals surface area contributed by atoms with E-state index in [1.807, 2.05) is 6.07 Å². The van der Waals surface area contributed by atoms with Crippen molar-refractivity contribution in [1.82, 2.24) is 10.3 Å². The molecule has 0 radical (unpaired) electrons. The van der Waals surface area contributed by atoms with Crippen LogP contribution in [0.3, 0.4) is 0 Å². The Morgan fingerprint density at radius 1 is 1.23 bits per heavy atom. The third kappa shape index (κ3) is 5.41. The van der Waals surface area contributed by atoms with Gasteiger partial charge in [-0.1, -0.05) is 19.8 Å². The fourth-order valence-electron chi connectivity index (χ4n) is 3.78. The van der Waals surface area contributed by atoms with Gasteiger partial charge < -0.3 is 19.2 Å². The summed E-state index contributed by atoms with van der Waals surface area (Å²) in [5, 5.41) is 3.05. The third-order valence-corrected chi connectivity index (χ3v) is 6.75. The molecule has 1 aromatic heterocycles. The lowest BCUT2D eigenvalue weighted by Crippen LogP contribution is -2.42. The molecule has 30 heavy (non-hydrogen) atoms. The molecule has 1 amide bonds. The average Bonchev–Trinajstić information content (AvgIpc) is 3.09. The third-order valence-electron chi connectivity index (χ3n) is 5.57. The molecule has 0 spiro atoms. The molecule has 1 aromatic carbocycles. The molecule has 2 aromatic rings. The molecule has 1 aliphatic carbocycles. The van der Waals surface area contributed by atoms with Crippen LogP contribution in [0.5, 0.6) is 11.5 Å². The van der Waals surface area contributed by atoms with Gasteiger partial charge in [0, 0.05) is 22.4 Å². The number of hydrogen-bond acceptors (Lipinski definition) is 6. The van der Waals surface area contributed by atoms with Gasteiger partial charge in [0.1, 0.15) is 11.5 Å². The van der Waals surface area contributed by atoms with E-state index in [4.69, 9.17) is 13.9 Å². The molecular formula is C22H30N2O5S. The van der Waals surface area contributed by atoms with Crippen LogP contribution >= 0.6 is 0 Å². The van der Waals surface area contributed by atoms with Crippen molar-refractivity contribution in [3.63, 3.8) is 0 Å². The molecule has 1 heterocycles. The van der Waals surface area contributed by atoms with Crippen LogP contribution in [0, 0.1) is 12.8 Å². The highest BCUT2D eigenvalue weighted by Crippen LogP contribution is 2.32. The Morgan fingerprint density at radius 3 is 2.67 bits per heavy atom. The number of carbonyl (C=O) groups is 1. The Hall–Kier alpha value is -2.35. The quantitative estimate of drug-likeness (QED) is 0.683. The number of nitrogens with zero attached hydrogens (tertiary/aromatic N) is 1. The van der Waals surface area contributed by atoms with Crippen molar-refractivity contribution in [1.29, 1.82) is 0 Å². The van der Waals surface area contributed by atoms with Gasteiger partial charge in [-0.15, -0.1) is 0 Å². The van der Waals surface area contributed by atoms with Crippen molar-refractivity contribution in [2.24, 2.45) is 5.92 Å². The van der Waals surface area contributed by atoms with E-state index < -0.39 is 10.8 Å². The lowest BCUT2D eigenvalue weighted by atomic mass is 9.86. The second kappa shape index (κ2) is 10.1. The first-order chi connectivity index (χ1) is 14.4. The summed E-state index contributed by atoms with van der Waals surface area (Å²) in [6.45, 7) is 3.95. The van der Waals surface area contributed by atoms with Crippen molar-refractivity contribution in [2.75, 3.05) is 20.0 Å². The number of amides is 1. The van der Waals surface area contributed by atoms with Gasteiger partial charge in [-0.3, -0.25) is 9.00 Å². The van der Waals surface area contributed by atoms with Crippen LogP contribution in [-0.2, 0) is 21.3 Å². The molecule has 7 nitrogen and oxygen atoms in total. The first-order valence-electron chi connectivity index (χ1n) is 10.2. The molecule has 3 rings (SSSR count). The summed E-state index contributed by atoms with van der Waals surface area (Å²) in [4.78, 5) is 16.8. The number of aryl methyl sites for hydroxylation is 1. The van der Waals surface area contributed by atoms with E-state index in [-0.39, 0.29) is 23.5 Å². The summed E-state index contributed by atoms with van der Waals surface area (Å²) >= 11 is 0. The summed E-state index contributed by atoms with van der Waals surface area (Å²) in [5.74, 6) is 2.66. The monoisotopic (exact) mass is 434 g/mol. The largest absolute Gasteiger partial charge is 0.493 e. The minimum absolute atomic E-state index is 0.0266. The van der Waals surface area contributed by atoms with Crippen LogP contribution < -0.4 is 14.8 Å². The Kier molecular flexibility index (Phi) is 7.53. The fraction of sp³-hybridized carbons (Fsp3) is 0.545. The molecule has 1 saturated carbocycles. The molecule has 164 valence electrons. The molecule has 0 bridgehead atoms. The molecule has 1 fully saturated rings. The number of benzene rings is 1. The summed E-state index contributed by atoms with van der Waals surface area (Å²) in [6, 6.07) is 5.58. The van der Waals surface area contributed by atoms with Crippen molar-refractivity contribution < 1.29 is 22.9 Å². The predicted molar refractivity (Wildman–Crippen MR) is 116 cm³/mol. The van der Waals surface area contributed by atoms with Gasteiger partial charge >= 0.3 is 0 Å². The standard InChI is InChI=1S/C22H30N2O5S/c1-14-7-5-6-8-17(14)23-21(25)13-30(26)12-18-15(2)29-22(24-18)16-9-10-19(27-3)20(11-16)28-4/h9-11,14,17H,5-8,12-13H2,1-4H3,(H,23,25)/t14-,17+,30+/m0/s1. The topological polar surface area (TPSA) is 90.7 Å².